The number of rotatable bonds is 3. The van der Waals surface area contributed by atoms with Gasteiger partial charge in [-0.2, -0.15) is 0 Å². The molecule has 0 aliphatic rings. The van der Waals surface area contributed by atoms with Crippen LogP contribution in [0.5, 0.6) is 0 Å². The first-order chi connectivity index (χ1) is 7.90. The summed E-state index contributed by atoms with van der Waals surface area (Å²) in [6, 6.07) is 5.88. The quantitative estimate of drug-likeness (QED) is 0.882. The van der Waals surface area contributed by atoms with E-state index in [4.69, 9.17) is 5.11 Å². The predicted molar refractivity (Wildman–Crippen MR) is 65.8 cm³/mol. The van der Waals surface area contributed by atoms with Crippen molar-refractivity contribution < 1.29 is 9.90 Å². The van der Waals surface area contributed by atoms with Crippen molar-refractivity contribution in [2.24, 2.45) is 12.5 Å². The zero-order valence-electron chi connectivity index (χ0n) is 10.3. The van der Waals surface area contributed by atoms with E-state index >= 15 is 0 Å². The number of fused-ring (bicyclic) bond motifs is 1. The normalized spacial score (nSPS) is 11.9. The van der Waals surface area contributed by atoms with Crippen LogP contribution < -0.4 is 0 Å². The van der Waals surface area contributed by atoms with Gasteiger partial charge in [0.15, 0.2) is 0 Å². The number of carboxylic acid groups (broad SMARTS) is 1. The molecule has 0 amide bonds. The first-order valence-corrected chi connectivity index (χ1v) is 5.53. The van der Waals surface area contributed by atoms with E-state index in [0.29, 0.717) is 6.42 Å². The smallest absolute Gasteiger partial charge is 0.309 e. The first-order valence-electron chi connectivity index (χ1n) is 5.53. The molecule has 0 saturated carbocycles. The number of aryl methyl sites for hydroxylation is 1. The van der Waals surface area contributed by atoms with Crippen molar-refractivity contribution in [3.63, 3.8) is 0 Å². The van der Waals surface area contributed by atoms with Gasteiger partial charge in [0, 0.05) is 7.05 Å². The van der Waals surface area contributed by atoms with Crippen LogP contribution in [0.1, 0.15) is 19.4 Å². The van der Waals surface area contributed by atoms with E-state index in [9.17, 15) is 4.79 Å². The summed E-state index contributed by atoms with van der Waals surface area (Å²) in [6.45, 7) is 3.48. The van der Waals surface area contributed by atoms with Crippen LogP contribution in [-0.4, -0.2) is 20.6 Å². The summed E-state index contributed by atoms with van der Waals surface area (Å²) < 4.78 is 1.94. The Labute approximate surface area is 99.9 Å². The highest BCUT2D eigenvalue weighted by Crippen LogP contribution is 2.24. The van der Waals surface area contributed by atoms with Crippen LogP contribution in [0.25, 0.3) is 11.0 Å². The minimum Gasteiger partial charge on any atom is -0.481 e. The molecule has 4 nitrogen and oxygen atoms in total. The van der Waals surface area contributed by atoms with Gasteiger partial charge in [-0.25, -0.2) is 4.98 Å². The molecule has 2 aromatic rings. The van der Waals surface area contributed by atoms with Crippen LogP contribution in [0.4, 0.5) is 0 Å². The Morgan fingerprint density at radius 1 is 1.47 bits per heavy atom. The lowest BCUT2D eigenvalue weighted by molar-refractivity contribution is -0.146. The summed E-state index contributed by atoms with van der Waals surface area (Å²) in [6.07, 6.45) is 2.28. The van der Waals surface area contributed by atoms with Gasteiger partial charge in [-0.3, -0.25) is 4.79 Å². The summed E-state index contributed by atoms with van der Waals surface area (Å²) in [7, 11) is 1.93. The number of carbonyl (C=O) groups is 1. The van der Waals surface area contributed by atoms with Gasteiger partial charge >= 0.3 is 5.97 Å². The molecule has 17 heavy (non-hydrogen) atoms. The molecule has 90 valence electrons. The Morgan fingerprint density at radius 3 is 2.82 bits per heavy atom. The summed E-state index contributed by atoms with van der Waals surface area (Å²) in [4.78, 5) is 15.3. The fraction of sp³-hybridized carbons (Fsp3) is 0.385. The van der Waals surface area contributed by atoms with E-state index in [1.54, 1.807) is 20.2 Å². The van der Waals surface area contributed by atoms with Gasteiger partial charge in [0.2, 0.25) is 0 Å². The lowest BCUT2D eigenvalue weighted by atomic mass is 9.86. The molecule has 0 fully saturated rings. The zero-order chi connectivity index (χ0) is 12.6. The van der Waals surface area contributed by atoms with Gasteiger partial charge in [-0.15, -0.1) is 0 Å². The van der Waals surface area contributed by atoms with Crippen molar-refractivity contribution in [1.29, 1.82) is 0 Å². The first kappa shape index (κ1) is 11.6. The van der Waals surface area contributed by atoms with Gasteiger partial charge in [-0.1, -0.05) is 6.07 Å². The topological polar surface area (TPSA) is 55.1 Å². The molecule has 0 atom stereocenters. The van der Waals surface area contributed by atoms with Crippen molar-refractivity contribution >= 4 is 17.0 Å². The number of hydrogen-bond donors (Lipinski definition) is 1. The number of nitrogens with zero attached hydrogens (tertiary/aromatic N) is 2. The number of imidazole rings is 1. The highest BCUT2D eigenvalue weighted by Gasteiger charge is 2.27. The zero-order valence-corrected chi connectivity index (χ0v) is 10.3. The third-order valence-electron chi connectivity index (χ3n) is 3.01. The highest BCUT2D eigenvalue weighted by molar-refractivity contribution is 5.77. The molecule has 0 saturated heterocycles. The van der Waals surface area contributed by atoms with E-state index in [2.05, 4.69) is 4.98 Å². The molecule has 0 bridgehead atoms. The molecule has 2 rings (SSSR count). The van der Waals surface area contributed by atoms with Crippen LogP contribution >= 0.6 is 0 Å². The molecule has 0 spiro atoms. The van der Waals surface area contributed by atoms with Crippen molar-refractivity contribution in [1.82, 2.24) is 9.55 Å². The average Bonchev–Trinajstić information content (AvgIpc) is 2.60. The van der Waals surface area contributed by atoms with Gasteiger partial charge in [0.25, 0.3) is 0 Å². The molecular formula is C13H16N2O2. The second kappa shape index (κ2) is 3.87. The molecule has 0 unspecified atom stereocenters. The minimum atomic E-state index is -0.775. The Hall–Kier alpha value is -1.84. The van der Waals surface area contributed by atoms with E-state index in [1.807, 2.05) is 29.8 Å². The van der Waals surface area contributed by atoms with Crippen LogP contribution in [-0.2, 0) is 18.3 Å². The van der Waals surface area contributed by atoms with Crippen molar-refractivity contribution in [2.45, 2.75) is 20.3 Å². The lowest BCUT2D eigenvalue weighted by Crippen LogP contribution is -2.26. The van der Waals surface area contributed by atoms with Crippen LogP contribution in [0.15, 0.2) is 24.5 Å². The van der Waals surface area contributed by atoms with E-state index in [0.717, 1.165) is 16.6 Å². The molecule has 0 radical (unpaired) electrons. The number of aliphatic carboxylic acids is 1. The third-order valence-corrected chi connectivity index (χ3v) is 3.01. The molecule has 0 aliphatic heterocycles. The van der Waals surface area contributed by atoms with Crippen molar-refractivity contribution in [2.75, 3.05) is 0 Å². The Morgan fingerprint density at radius 2 is 2.18 bits per heavy atom. The van der Waals surface area contributed by atoms with Gasteiger partial charge in [0.05, 0.1) is 22.8 Å². The van der Waals surface area contributed by atoms with Crippen LogP contribution in [0.2, 0.25) is 0 Å². The fourth-order valence-corrected chi connectivity index (χ4v) is 1.87. The van der Waals surface area contributed by atoms with Crippen LogP contribution in [0.3, 0.4) is 0 Å². The number of hydrogen-bond acceptors (Lipinski definition) is 2. The van der Waals surface area contributed by atoms with Crippen molar-refractivity contribution in [3.05, 3.63) is 30.1 Å². The molecule has 1 N–H and O–H groups in total. The molecule has 0 aliphatic carbocycles. The molecule has 1 heterocycles. The SMILES string of the molecule is Cn1cnc2ccc(CC(C)(C)C(=O)O)cc21. The largest absolute Gasteiger partial charge is 0.481 e. The Kier molecular flexibility index (Phi) is 2.65. The van der Waals surface area contributed by atoms with Crippen LogP contribution in [0, 0.1) is 5.41 Å². The van der Waals surface area contributed by atoms with E-state index in [-0.39, 0.29) is 0 Å². The number of benzene rings is 1. The summed E-state index contributed by atoms with van der Waals surface area (Å²) in [5.41, 5.74) is 2.24. The highest BCUT2D eigenvalue weighted by atomic mass is 16.4. The summed E-state index contributed by atoms with van der Waals surface area (Å²) in [5.74, 6) is -0.775. The molecule has 1 aromatic heterocycles. The standard InChI is InChI=1S/C13H16N2O2/c1-13(2,12(16)17)7-9-4-5-10-11(6-9)15(3)8-14-10/h4-6,8H,7H2,1-3H3,(H,16,17). The minimum absolute atomic E-state index is 0.517. The van der Waals surface area contributed by atoms with Gasteiger partial charge < -0.3 is 9.67 Å². The van der Waals surface area contributed by atoms with E-state index in [1.165, 1.54) is 0 Å². The number of aromatic nitrogens is 2. The Bertz CT molecular complexity index is 570. The monoisotopic (exact) mass is 232 g/mol. The number of carboxylic acids is 1. The second-order valence-electron chi connectivity index (χ2n) is 5.04. The fourth-order valence-electron chi connectivity index (χ4n) is 1.87. The summed E-state index contributed by atoms with van der Waals surface area (Å²) in [5, 5.41) is 9.11. The average molecular weight is 232 g/mol. The summed E-state index contributed by atoms with van der Waals surface area (Å²) >= 11 is 0. The van der Waals surface area contributed by atoms with Crippen molar-refractivity contribution in [3.8, 4) is 0 Å². The van der Waals surface area contributed by atoms with Gasteiger partial charge in [-0.05, 0) is 38.0 Å². The molecule has 1 aromatic carbocycles. The Balaban J connectivity index is 2.37. The molecular weight excluding hydrogens is 216 g/mol. The van der Waals surface area contributed by atoms with Gasteiger partial charge in [0.1, 0.15) is 0 Å². The maximum absolute atomic E-state index is 11.1. The second-order valence-corrected chi connectivity index (χ2v) is 5.04. The van der Waals surface area contributed by atoms with E-state index < -0.39 is 11.4 Å². The molecule has 4 heteroatoms. The lowest BCUT2D eigenvalue weighted by Gasteiger charge is -2.18. The maximum Gasteiger partial charge on any atom is 0.309 e. The predicted octanol–water partition coefficient (Wildman–Crippen LogP) is 2.23. The maximum atomic E-state index is 11.1. The third kappa shape index (κ3) is 2.16.